The Hall–Kier alpha value is -0.130. The first kappa shape index (κ1) is 14.9. The summed E-state index contributed by atoms with van der Waals surface area (Å²) < 4.78 is 25.2. The van der Waals surface area contributed by atoms with Gasteiger partial charge in [0, 0.05) is 12.6 Å². The first-order valence-corrected chi connectivity index (χ1v) is 7.07. The zero-order valence-corrected chi connectivity index (χ0v) is 11.3. The molecule has 0 aliphatic carbocycles. The van der Waals surface area contributed by atoms with E-state index in [0.29, 0.717) is 12.5 Å². The summed E-state index contributed by atoms with van der Waals surface area (Å²) >= 11 is 0. The van der Waals surface area contributed by atoms with Crippen molar-refractivity contribution < 1.29 is 8.42 Å². The molecule has 0 saturated heterocycles. The first-order chi connectivity index (χ1) is 6.78. The van der Waals surface area contributed by atoms with Crippen molar-refractivity contribution in [3.05, 3.63) is 0 Å². The highest BCUT2D eigenvalue weighted by Gasteiger charge is 2.16. The van der Waals surface area contributed by atoms with Gasteiger partial charge >= 0.3 is 0 Å². The standard InChI is InChI=1S/C10H24N2O2S/c1-6-15(13,14)11-8-10(12(4)5)7-9(2)3/h9-11H,6-8H2,1-5H3. The molecule has 0 fully saturated rings. The van der Waals surface area contributed by atoms with Crippen molar-refractivity contribution in [2.75, 3.05) is 26.4 Å². The summed E-state index contributed by atoms with van der Waals surface area (Å²) in [6.07, 6.45) is 0.999. The Bertz CT molecular complexity index is 261. The van der Waals surface area contributed by atoms with Crippen molar-refractivity contribution in [1.82, 2.24) is 9.62 Å². The molecule has 0 aromatic carbocycles. The monoisotopic (exact) mass is 236 g/mol. The summed E-state index contributed by atoms with van der Waals surface area (Å²) in [7, 11) is 0.898. The van der Waals surface area contributed by atoms with Crippen LogP contribution >= 0.6 is 0 Å². The largest absolute Gasteiger partial charge is 0.305 e. The molecule has 0 saturated carbocycles. The minimum atomic E-state index is -3.06. The SMILES string of the molecule is CCS(=O)(=O)NCC(CC(C)C)N(C)C. The van der Waals surface area contributed by atoms with Gasteiger partial charge in [0.25, 0.3) is 0 Å². The van der Waals surface area contributed by atoms with Crippen LogP contribution in [0.25, 0.3) is 0 Å². The molecule has 0 aromatic heterocycles. The Labute approximate surface area is 94.1 Å². The van der Waals surface area contributed by atoms with Crippen molar-refractivity contribution in [3.63, 3.8) is 0 Å². The summed E-state index contributed by atoms with van der Waals surface area (Å²) in [6, 6.07) is 0.270. The molecule has 15 heavy (non-hydrogen) atoms. The number of likely N-dealkylation sites (N-methyl/N-ethyl adjacent to an activating group) is 1. The Morgan fingerprint density at radius 3 is 2.13 bits per heavy atom. The third kappa shape index (κ3) is 6.87. The molecule has 0 bridgehead atoms. The quantitative estimate of drug-likeness (QED) is 0.714. The number of nitrogens with zero attached hydrogens (tertiary/aromatic N) is 1. The number of sulfonamides is 1. The van der Waals surface area contributed by atoms with Crippen LogP contribution in [0.4, 0.5) is 0 Å². The molecule has 0 aromatic rings. The molecule has 0 amide bonds. The van der Waals surface area contributed by atoms with Gasteiger partial charge in [-0.1, -0.05) is 13.8 Å². The predicted octanol–water partition coefficient (Wildman–Crippen LogP) is 0.902. The molecule has 0 heterocycles. The molecular weight excluding hydrogens is 212 g/mol. The summed E-state index contributed by atoms with van der Waals surface area (Å²) in [5.41, 5.74) is 0. The fourth-order valence-electron chi connectivity index (χ4n) is 1.35. The van der Waals surface area contributed by atoms with Crippen molar-refractivity contribution in [2.45, 2.75) is 33.2 Å². The van der Waals surface area contributed by atoms with Gasteiger partial charge in [-0.3, -0.25) is 0 Å². The van der Waals surface area contributed by atoms with E-state index in [-0.39, 0.29) is 11.8 Å². The topological polar surface area (TPSA) is 49.4 Å². The van der Waals surface area contributed by atoms with Gasteiger partial charge in [-0.25, -0.2) is 13.1 Å². The fraction of sp³-hybridized carbons (Fsp3) is 1.00. The van der Waals surface area contributed by atoms with E-state index >= 15 is 0 Å². The molecule has 0 aliphatic heterocycles. The van der Waals surface area contributed by atoms with Gasteiger partial charge in [-0.15, -0.1) is 0 Å². The summed E-state index contributed by atoms with van der Waals surface area (Å²) in [4.78, 5) is 2.07. The van der Waals surface area contributed by atoms with Crippen LogP contribution in [-0.4, -0.2) is 45.8 Å². The van der Waals surface area contributed by atoms with Crippen LogP contribution in [0.3, 0.4) is 0 Å². The molecule has 92 valence electrons. The smallest absolute Gasteiger partial charge is 0.211 e. The summed E-state index contributed by atoms with van der Waals surface area (Å²) in [5.74, 6) is 0.720. The van der Waals surface area contributed by atoms with Crippen LogP contribution in [0, 0.1) is 5.92 Å². The number of hydrogen-bond donors (Lipinski definition) is 1. The molecule has 0 spiro atoms. The molecule has 0 radical (unpaired) electrons. The third-order valence-electron chi connectivity index (χ3n) is 2.39. The van der Waals surface area contributed by atoms with E-state index in [1.165, 1.54) is 0 Å². The molecule has 4 nitrogen and oxygen atoms in total. The van der Waals surface area contributed by atoms with Crippen LogP contribution in [0.15, 0.2) is 0 Å². The highest BCUT2D eigenvalue weighted by atomic mass is 32.2. The van der Waals surface area contributed by atoms with Crippen LogP contribution < -0.4 is 4.72 Å². The van der Waals surface area contributed by atoms with Crippen LogP contribution in [0.5, 0.6) is 0 Å². The lowest BCUT2D eigenvalue weighted by molar-refractivity contribution is 0.255. The van der Waals surface area contributed by atoms with E-state index in [2.05, 4.69) is 23.5 Å². The van der Waals surface area contributed by atoms with E-state index in [9.17, 15) is 8.42 Å². The zero-order chi connectivity index (χ0) is 12.1. The molecule has 1 atom stereocenters. The predicted molar refractivity (Wildman–Crippen MR) is 64.4 cm³/mol. The van der Waals surface area contributed by atoms with E-state index in [0.717, 1.165) is 6.42 Å². The van der Waals surface area contributed by atoms with Crippen molar-refractivity contribution in [1.29, 1.82) is 0 Å². The molecule has 1 N–H and O–H groups in total. The van der Waals surface area contributed by atoms with Crippen LogP contribution in [0.1, 0.15) is 27.2 Å². The Balaban J connectivity index is 4.19. The Morgan fingerprint density at radius 2 is 1.80 bits per heavy atom. The Morgan fingerprint density at radius 1 is 1.27 bits per heavy atom. The summed E-state index contributed by atoms with van der Waals surface area (Å²) in [5, 5.41) is 0. The van der Waals surface area contributed by atoms with Gasteiger partial charge < -0.3 is 4.90 Å². The Kier molecular flexibility index (Phi) is 6.40. The average Bonchev–Trinajstić information content (AvgIpc) is 2.11. The highest BCUT2D eigenvalue weighted by Crippen LogP contribution is 2.08. The van der Waals surface area contributed by atoms with Gasteiger partial charge in [0.1, 0.15) is 0 Å². The van der Waals surface area contributed by atoms with Crippen molar-refractivity contribution >= 4 is 10.0 Å². The third-order valence-corrected chi connectivity index (χ3v) is 3.76. The molecular formula is C10H24N2O2S. The van der Waals surface area contributed by atoms with Gasteiger partial charge in [-0.2, -0.15) is 0 Å². The number of rotatable bonds is 7. The molecule has 5 heteroatoms. The van der Waals surface area contributed by atoms with E-state index < -0.39 is 10.0 Å². The van der Waals surface area contributed by atoms with Gasteiger partial charge in [0.15, 0.2) is 0 Å². The van der Waals surface area contributed by atoms with Gasteiger partial charge in [0.2, 0.25) is 10.0 Å². The second-order valence-electron chi connectivity index (χ2n) is 4.50. The minimum absolute atomic E-state index is 0.148. The lowest BCUT2D eigenvalue weighted by Crippen LogP contribution is -2.41. The molecule has 0 rings (SSSR count). The lowest BCUT2D eigenvalue weighted by atomic mass is 10.0. The maximum absolute atomic E-state index is 11.3. The zero-order valence-electron chi connectivity index (χ0n) is 10.4. The maximum atomic E-state index is 11.3. The van der Waals surface area contributed by atoms with Gasteiger partial charge in [-0.05, 0) is 33.4 Å². The second-order valence-corrected chi connectivity index (χ2v) is 6.59. The highest BCUT2D eigenvalue weighted by molar-refractivity contribution is 7.89. The number of nitrogens with one attached hydrogen (secondary N) is 1. The molecule has 0 aliphatic rings. The average molecular weight is 236 g/mol. The normalized spacial score (nSPS) is 14.9. The van der Waals surface area contributed by atoms with Crippen molar-refractivity contribution in [3.8, 4) is 0 Å². The van der Waals surface area contributed by atoms with E-state index in [4.69, 9.17) is 0 Å². The lowest BCUT2D eigenvalue weighted by Gasteiger charge is -2.26. The maximum Gasteiger partial charge on any atom is 0.211 e. The van der Waals surface area contributed by atoms with E-state index in [1.54, 1.807) is 6.92 Å². The van der Waals surface area contributed by atoms with E-state index in [1.807, 2.05) is 14.1 Å². The van der Waals surface area contributed by atoms with Crippen molar-refractivity contribution in [2.24, 2.45) is 5.92 Å². The molecule has 1 unspecified atom stereocenters. The minimum Gasteiger partial charge on any atom is -0.305 e. The second kappa shape index (κ2) is 6.45. The van der Waals surface area contributed by atoms with Crippen LogP contribution in [-0.2, 0) is 10.0 Å². The summed E-state index contributed by atoms with van der Waals surface area (Å²) in [6.45, 7) is 6.44. The van der Waals surface area contributed by atoms with Crippen LogP contribution in [0.2, 0.25) is 0 Å². The fourth-order valence-corrected chi connectivity index (χ4v) is 2.00. The number of hydrogen-bond acceptors (Lipinski definition) is 3. The first-order valence-electron chi connectivity index (χ1n) is 5.42. The van der Waals surface area contributed by atoms with Gasteiger partial charge in [0.05, 0.1) is 5.75 Å².